The number of aryl methyl sites for hydroxylation is 2. The summed E-state index contributed by atoms with van der Waals surface area (Å²) in [6.45, 7) is 5.30. The molecule has 5 nitrogen and oxygen atoms in total. The molecule has 0 spiro atoms. The molecule has 2 aromatic heterocycles. The third-order valence-corrected chi connectivity index (χ3v) is 4.13. The van der Waals surface area contributed by atoms with Crippen LogP contribution in [0.25, 0.3) is 11.3 Å². The highest BCUT2D eigenvalue weighted by atomic mass is 16.3. The zero-order valence-corrected chi connectivity index (χ0v) is 13.4. The minimum Gasteiger partial charge on any atom is -0.503 e. The van der Waals surface area contributed by atoms with E-state index in [-0.39, 0.29) is 11.6 Å². The second kappa shape index (κ2) is 6.20. The Kier molecular flexibility index (Phi) is 4.10. The van der Waals surface area contributed by atoms with Crippen molar-refractivity contribution in [3.8, 4) is 22.9 Å². The first kappa shape index (κ1) is 15.2. The summed E-state index contributed by atoms with van der Waals surface area (Å²) >= 11 is 0. The third kappa shape index (κ3) is 2.95. The molecule has 1 aromatic carbocycles. The molecule has 0 saturated heterocycles. The van der Waals surface area contributed by atoms with Crippen LogP contribution in [0.2, 0.25) is 0 Å². The van der Waals surface area contributed by atoms with Crippen molar-refractivity contribution in [2.45, 2.75) is 33.4 Å². The van der Waals surface area contributed by atoms with Crippen molar-refractivity contribution in [1.82, 2.24) is 14.1 Å². The maximum absolute atomic E-state index is 10.3. The van der Waals surface area contributed by atoms with E-state index in [1.807, 2.05) is 48.9 Å². The topological polar surface area (TPSA) is 63.2 Å². The summed E-state index contributed by atoms with van der Waals surface area (Å²) in [5.41, 5.74) is 3.74. The fourth-order valence-electron chi connectivity index (χ4n) is 2.85. The number of aromatic nitrogens is 3. The summed E-state index contributed by atoms with van der Waals surface area (Å²) in [7, 11) is 0. The standard InChI is InChI=1S/C18H21N3O2/c1-13-4-6-15(7-5-13)16-14(2)17(22)18(23)21(16)10-3-9-20-11-8-19-12-20/h4-8,11-12,22-23H,3,9-10H2,1-2H3. The molecule has 2 heterocycles. The zero-order valence-electron chi connectivity index (χ0n) is 13.4. The minimum atomic E-state index is -0.0660. The smallest absolute Gasteiger partial charge is 0.235 e. The van der Waals surface area contributed by atoms with Crippen LogP contribution >= 0.6 is 0 Å². The molecule has 0 saturated carbocycles. The van der Waals surface area contributed by atoms with E-state index in [1.54, 1.807) is 17.1 Å². The molecule has 0 fully saturated rings. The van der Waals surface area contributed by atoms with E-state index in [0.29, 0.717) is 12.1 Å². The number of benzene rings is 1. The molecule has 0 unspecified atom stereocenters. The van der Waals surface area contributed by atoms with Crippen LogP contribution in [0.1, 0.15) is 17.5 Å². The third-order valence-electron chi connectivity index (χ3n) is 4.13. The van der Waals surface area contributed by atoms with Gasteiger partial charge in [-0.15, -0.1) is 0 Å². The SMILES string of the molecule is Cc1ccc(-c2c(C)c(O)c(O)n2CCCn2ccnc2)cc1. The van der Waals surface area contributed by atoms with Crippen LogP contribution in [0, 0.1) is 13.8 Å². The monoisotopic (exact) mass is 311 g/mol. The van der Waals surface area contributed by atoms with Crippen molar-refractivity contribution in [2.75, 3.05) is 0 Å². The van der Waals surface area contributed by atoms with Crippen LogP contribution in [-0.2, 0) is 13.1 Å². The van der Waals surface area contributed by atoms with Gasteiger partial charge in [-0.25, -0.2) is 4.98 Å². The molecule has 5 heteroatoms. The highest BCUT2D eigenvalue weighted by Crippen LogP contribution is 2.40. The van der Waals surface area contributed by atoms with Gasteiger partial charge in [-0.05, 0) is 25.8 Å². The molecule has 3 rings (SSSR count). The van der Waals surface area contributed by atoms with Gasteiger partial charge in [0.25, 0.3) is 0 Å². The number of hydrogen-bond acceptors (Lipinski definition) is 3. The van der Waals surface area contributed by atoms with Crippen LogP contribution in [-0.4, -0.2) is 24.3 Å². The number of aromatic hydroxyl groups is 2. The molecular weight excluding hydrogens is 290 g/mol. The summed E-state index contributed by atoms with van der Waals surface area (Å²) in [6, 6.07) is 8.10. The first-order valence-electron chi connectivity index (χ1n) is 7.71. The number of nitrogens with zero attached hydrogens (tertiary/aromatic N) is 3. The molecule has 3 aromatic rings. The Balaban J connectivity index is 1.89. The van der Waals surface area contributed by atoms with Crippen molar-refractivity contribution >= 4 is 0 Å². The quantitative estimate of drug-likeness (QED) is 0.758. The molecule has 0 aliphatic heterocycles. The van der Waals surface area contributed by atoms with Crippen LogP contribution in [0.15, 0.2) is 43.0 Å². The fraction of sp³-hybridized carbons (Fsp3) is 0.278. The Morgan fingerprint density at radius 3 is 2.43 bits per heavy atom. The molecular formula is C18H21N3O2. The Labute approximate surface area is 135 Å². The van der Waals surface area contributed by atoms with E-state index in [2.05, 4.69) is 4.98 Å². The summed E-state index contributed by atoms with van der Waals surface area (Å²) in [5, 5.41) is 20.4. The Morgan fingerprint density at radius 1 is 1.04 bits per heavy atom. The van der Waals surface area contributed by atoms with Crippen molar-refractivity contribution in [2.24, 2.45) is 0 Å². The first-order valence-corrected chi connectivity index (χ1v) is 7.71. The van der Waals surface area contributed by atoms with E-state index in [1.165, 1.54) is 5.56 Å². The normalized spacial score (nSPS) is 11.0. The summed E-state index contributed by atoms with van der Waals surface area (Å²) in [4.78, 5) is 4.02. The molecule has 0 atom stereocenters. The van der Waals surface area contributed by atoms with Crippen molar-refractivity contribution < 1.29 is 10.2 Å². The summed E-state index contributed by atoms with van der Waals surface area (Å²) in [6.07, 6.45) is 6.27. The lowest BCUT2D eigenvalue weighted by molar-refractivity contribution is 0.367. The summed E-state index contributed by atoms with van der Waals surface area (Å²) < 4.78 is 3.78. The maximum Gasteiger partial charge on any atom is 0.235 e. The predicted molar refractivity (Wildman–Crippen MR) is 89.5 cm³/mol. The van der Waals surface area contributed by atoms with Crippen molar-refractivity contribution in [1.29, 1.82) is 0 Å². The Bertz CT molecular complexity index is 787. The Hall–Kier alpha value is -2.69. The van der Waals surface area contributed by atoms with Gasteiger partial charge in [0.1, 0.15) is 0 Å². The molecule has 0 bridgehead atoms. The molecule has 0 amide bonds. The second-order valence-electron chi connectivity index (χ2n) is 5.82. The van der Waals surface area contributed by atoms with Gasteiger partial charge in [0.15, 0.2) is 5.75 Å². The lowest BCUT2D eigenvalue weighted by atomic mass is 10.1. The number of imidazole rings is 1. The van der Waals surface area contributed by atoms with Gasteiger partial charge in [-0.1, -0.05) is 29.8 Å². The van der Waals surface area contributed by atoms with E-state index in [0.717, 1.165) is 24.2 Å². The molecule has 0 aliphatic carbocycles. The van der Waals surface area contributed by atoms with Crippen LogP contribution in [0.5, 0.6) is 11.6 Å². The van der Waals surface area contributed by atoms with Gasteiger partial charge in [0.05, 0.1) is 12.0 Å². The van der Waals surface area contributed by atoms with Gasteiger partial charge < -0.3 is 19.3 Å². The van der Waals surface area contributed by atoms with Crippen LogP contribution in [0.3, 0.4) is 0 Å². The van der Waals surface area contributed by atoms with Crippen molar-refractivity contribution in [3.05, 3.63) is 54.1 Å². The van der Waals surface area contributed by atoms with Crippen LogP contribution in [0.4, 0.5) is 0 Å². The summed E-state index contributed by atoms with van der Waals surface area (Å²) in [5.74, 6) is -0.105. The van der Waals surface area contributed by atoms with Crippen molar-refractivity contribution in [3.63, 3.8) is 0 Å². The first-order chi connectivity index (χ1) is 11.1. The fourth-order valence-corrected chi connectivity index (χ4v) is 2.85. The van der Waals surface area contributed by atoms with Gasteiger partial charge in [-0.2, -0.15) is 0 Å². The highest BCUT2D eigenvalue weighted by molar-refractivity contribution is 5.70. The Morgan fingerprint density at radius 2 is 1.78 bits per heavy atom. The lowest BCUT2D eigenvalue weighted by Gasteiger charge is -2.12. The largest absolute Gasteiger partial charge is 0.503 e. The molecule has 23 heavy (non-hydrogen) atoms. The van der Waals surface area contributed by atoms with Gasteiger partial charge in [-0.3, -0.25) is 0 Å². The van der Waals surface area contributed by atoms with E-state index >= 15 is 0 Å². The predicted octanol–water partition coefficient (Wildman–Crippen LogP) is 3.47. The highest BCUT2D eigenvalue weighted by Gasteiger charge is 2.20. The van der Waals surface area contributed by atoms with Crippen LogP contribution < -0.4 is 0 Å². The van der Waals surface area contributed by atoms with E-state index in [9.17, 15) is 10.2 Å². The minimum absolute atomic E-state index is 0.0387. The molecule has 120 valence electrons. The molecule has 0 aliphatic rings. The van der Waals surface area contributed by atoms with E-state index in [4.69, 9.17) is 0 Å². The van der Waals surface area contributed by atoms with Gasteiger partial charge in [0, 0.05) is 31.0 Å². The molecule has 0 radical (unpaired) electrons. The second-order valence-corrected chi connectivity index (χ2v) is 5.82. The van der Waals surface area contributed by atoms with Gasteiger partial charge >= 0.3 is 0 Å². The van der Waals surface area contributed by atoms with Gasteiger partial charge in [0.2, 0.25) is 5.88 Å². The average Bonchev–Trinajstić information content (AvgIpc) is 3.13. The number of hydrogen-bond donors (Lipinski definition) is 2. The average molecular weight is 311 g/mol. The van der Waals surface area contributed by atoms with E-state index < -0.39 is 0 Å². The maximum atomic E-state index is 10.3. The lowest BCUT2D eigenvalue weighted by Crippen LogP contribution is -2.04. The zero-order chi connectivity index (χ0) is 16.4. The number of rotatable bonds is 5. The molecule has 2 N–H and O–H groups in total.